The number of alkyl halides is 2. The average Bonchev–Trinajstić information content (AvgIpc) is 2.16. The first-order chi connectivity index (χ1) is 6.17. The number of rotatable bonds is 3. The van der Waals surface area contributed by atoms with Crippen molar-refractivity contribution in [1.82, 2.24) is 0 Å². The van der Waals surface area contributed by atoms with Crippen LogP contribution in [0, 0.1) is 0 Å². The lowest BCUT2D eigenvalue weighted by Crippen LogP contribution is -1.90. The van der Waals surface area contributed by atoms with Gasteiger partial charge in [0.2, 0.25) is 0 Å². The molecule has 0 spiro atoms. The summed E-state index contributed by atoms with van der Waals surface area (Å²) in [6.45, 7) is 0. The van der Waals surface area contributed by atoms with Gasteiger partial charge < -0.3 is 9.47 Å². The molecule has 0 radical (unpaired) electrons. The van der Waals surface area contributed by atoms with Crippen LogP contribution < -0.4 is 9.47 Å². The van der Waals surface area contributed by atoms with Gasteiger partial charge in [0.15, 0.2) is 0 Å². The highest BCUT2D eigenvalue weighted by Gasteiger charge is 2.07. The molecule has 0 unspecified atom stereocenters. The molecule has 1 aromatic rings. The average molecular weight is 221 g/mol. The van der Waals surface area contributed by atoms with Crippen molar-refractivity contribution < 1.29 is 9.47 Å². The van der Waals surface area contributed by atoms with E-state index in [2.05, 4.69) is 0 Å². The van der Waals surface area contributed by atoms with Crippen LogP contribution in [0.15, 0.2) is 18.2 Å². The molecule has 0 atom stereocenters. The van der Waals surface area contributed by atoms with Gasteiger partial charge in [-0.15, -0.1) is 23.2 Å². The van der Waals surface area contributed by atoms with Gasteiger partial charge >= 0.3 is 0 Å². The molecule has 2 nitrogen and oxygen atoms in total. The molecule has 1 aromatic carbocycles. The van der Waals surface area contributed by atoms with Gasteiger partial charge in [-0.05, 0) is 17.7 Å². The highest BCUT2D eigenvalue weighted by atomic mass is 35.5. The molecule has 0 saturated heterocycles. The van der Waals surface area contributed by atoms with Crippen molar-refractivity contribution in [3.63, 3.8) is 0 Å². The smallest absolute Gasteiger partial charge is 0.133 e. The van der Waals surface area contributed by atoms with Crippen LogP contribution >= 0.6 is 23.2 Å². The minimum Gasteiger partial charge on any atom is -0.497 e. The van der Waals surface area contributed by atoms with E-state index in [1.807, 2.05) is 0 Å². The van der Waals surface area contributed by atoms with Crippen LogP contribution in [-0.2, 0) is 0 Å². The van der Waals surface area contributed by atoms with Crippen molar-refractivity contribution in [3.8, 4) is 11.5 Å². The highest BCUT2D eigenvalue weighted by molar-refractivity contribution is 6.44. The molecule has 0 amide bonds. The molecule has 72 valence electrons. The van der Waals surface area contributed by atoms with E-state index >= 15 is 0 Å². The predicted molar refractivity (Wildman–Crippen MR) is 54.0 cm³/mol. The fourth-order valence-electron chi connectivity index (χ4n) is 0.955. The van der Waals surface area contributed by atoms with Crippen LogP contribution in [0.5, 0.6) is 11.5 Å². The number of methoxy groups -OCH3 is 2. The number of benzene rings is 1. The van der Waals surface area contributed by atoms with E-state index in [1.165, 1.54) is 0 Å². The van der Waals surface area contributed by atoms with Gasteiger partial charge in [0, 0.05) is 6.07 Å². The Morgan fingerprint density at radius 1 is 1.00 bits per heavy atom. The normalized spacial score (nSPS) is 10.2. The zero-order valence-corrected chi connectivity index (χ0v) is 8.89. The minimum absolute atomic E-state index is 0.566. The Balaban J connectivity index is 3.07. The van der Waals surface area contributed by atoms with E-state index in [4.69, 9.17) is 32.7 Å². The minimum atomic E-state index is -0.566. The van der Waals surface area contributed by atoms with Crippen LogP contribution in [0.3, 0.4) is 0 Å². The van der Waals surface area contributed by atoms with Crippen LogP contribution in [0.4, 0.5) is 0 Å². The summed E-state index contributed by atoms with van der Waals surface area (Å²) in [7, 11) is 3.16. The summed E-state index contributed by atoms with van der Waals surface area (Å²) in [6.07, 6.45) is 0. The van der Waals surface area contributed by atoms with Crippen LogP contribution in [0.2, 0.25) is 0 Å². The Morgan fingerprint density at radius 2 is 1.46 bits per heavy atom. The number of hydrogen-bond acceptors (Lipinski definition) is 2. The molecule has 4 heteroatoms. The molecule has 0 fully saturated rings. The van der Waals surface area contributed by atoms with Crippen molar-refractivity contribution in [3.05, 3.63) is 23.8 Å². The topological polar surface area (TPSA) is 18.5 Å². The number of halogens is 2. The standard InChI is InChI=1S/C9H10Cl2O2/c1-12-7-3-6(9(10)11)4-8(5-7)13-2/h3-5,9H,1-2H3. The fourth-order valence-corrected chi connectivity index (χ4v) is 1.21. The first-order valence-corrected chi connectivity index (χ1v) is 4.55. The molecule has 0 aliphatic heterocycles. The van der Waals surface area contributed by atoms with Crippen LogP contribution in [0.25, 0.3) is 0 Å². The van der Waals surface area contributed by atoms with Crippen LogP contribution in [0.1, 0.15) is 10.4 Å². The van der Waals surface area contributed by atoms with Gasteiger partial charge in [0.25, 0.3) is 0 Å². The molecule has 0 bridgehead atoms. The van der Waals surface area contributed by atoms with E-state index in [0.29, 0.717) is 11.5 Å². The Hall–Kier alpha value is -0.600. The van der Waals surface area contributed by atoms with E-state index < -0.39 is 4.84 Å². The molecule has 1 rings (SSSR count). The van der Waals surface area contributed by atoms with Crippen molar-refractivity contribution in [1.29, 1.82) is 0 Å². The van der Waals surface area contributed by atoms with E-state index in [1.54, 1.807) is 32.4 Å². The third-order valence-corrected chi connectivity index (χ3v) is 2.13. The maximum absolute atomic E-state index is 5.72. The Bertz CT molecular complexity index is 265. The molecule has 0 aliphatic carbocycles. The second-order valence-electron chi connectivity index (χ2n) is 2.45. The predicted octanol–water partition coefficient (Wildman–Crippen LogP) is 3.18. The van der Waals surface area contributed by atoms with Gasteiger partial charge in [-0.2, -0.15) is 0 Å². The maximum atomic E-state index is 5.72. The summed E-state index contributed by atoms with van der Waals surface area (Å²) >= 11 is 11.4. The van der Waals surface area contributed by atoms with Gasteiger partial charge in [0.05, 0.1) is 14.2 Å². The largest absolute Gasteiger partial charge is 0.497 e. The maximum Gasteiger partial charge on any atom is 0.133 e. The van der Waals surface area contributed by atoms with Crippen molar-refractivity contribution in [2.45, 2.75) is 4.84 Å². The van der Waals surface area contributed by atoms with E-state index in [0.717, 1.165) is 5.56 Å². The zero-order chi connectivity index (χ0) is 9.84. The van der Waals surface area contributed by atoms with Crippen molar-refractivity contribution >= 4 is 23.2 Å². The quantitative estimate of drug-likeness (QED) is 0.729. The monoisotopic (exact) mass is 220 g/mol. The molecule has 13 heavy (non-hydrogen) atoms. The zero-order valence-electron chi connectivity index (χ0n) is 7.38. The summed E-state index contributed by atoms with van der Waals surface area (Å²) in [5.41, 5.74) is 0.763. The van der Waals surface area contributed by atoms with Gasteiger partial charge in [-0.1, -0.05) is 0 Å². The third kappa shape index (κ3) is 2.68. The van der Waals surface area contributed by atoms with Gasteiger partial charge in [-0.3, -0.25) is 0 Å². The van der Waals surface area contributed by atoms with E-state index in [9.17, 15) is 0 Å². The van der Waals surface area contributed by atoms with E-state index in [-0.39, 0.29) is 0 Å². The summed E-state index contributed by atoms with van der Waals surface area (Å²) in [6, 6.07) is 5.31. The summed E-state index contributed by atoms with van der Waals surface area (Å²) in [5.74, 6) is 1.36. The van der Waals surface area contributed by atoms with Crippen molar-refractivity contribution in [2.24, 2.45) is 0 Å². The Kier molecular flexibility index (Phi) is 3.70. The molecular weight excluding hydrogens is 211 g/mol. The third-order valence-electron chi connectivity index (χ3n) is 1.63. The summed E-state index contributed by atoms with van der Waals surface area (Å²) in [4.78, 5) is -0.566. The number of ether oxygens (including phenoxy) is 2. The molecule has 0 aromatic heterocycles. The van der Waals surface area contributed by atoms with Gasteiger partial charge in [0.1, 0.15) is 16.3 Å². The lowest BCUT2D eigenvalue weighted by Gasteiger charge is -2.08. The lowest BCUT2D eigenvalue weighted by atomic mass is 10.2. The van der Waals surface area contributed by atoms with Crippen LogP contribution in [-0.4, -0.2) is 14.2 Å². The summed E-state index contributed by atoms with van der Waals surface area (Å²) < 4.78 is 10.1. The molecule has 0 saturated carbocycles. The fraction of sp³-hybridized carbons (Fsp3) is 0.333. The Morgan fingerprint density at radius 3 is 1.77 bits per heavy atom. The molecule has 0 heterocycles. The molecule has 0 N–H and O–H groups in total. The summed E-state index contributed by atoms with van der Waals surface area (Å²) in [5, 5.41) is 0. The highest BCUT2D eigenvalue weighted by Crippen LogP contribution is 2.31. The molecule has 0 aliphatic rings. The first kappa shape index (κ1) is 10.5. The van der Waals surface area contributed by atoms with Gasteiger partial charge in [-0.25, -0.2) is 0 Å². The van der Waals surface area contributed by atoms with Crippen molar-refractivity contribution in [2.75, 3.05) is 14.2 Å². The number of hydrogen-bond donors (Lipinski definition) is 0. The lowest BCUT2D eigenvalue weighted by molar-refractivity contribution is 0.393. The second kappa shape index (κ2) is 4.58. The second-order valence-corrected chi connectivity index (χ2v) is 3.54. The Labute approximate surface area is 87.4 Å². The molecular formula is C9H10Cl2O2. The SMILES string of the molecule is COc1cc(OC)cc(C(Cl)Cl)c1. The first-order valence-electron chi connectivity index (χ1n) is 3.68.